The van der Waals surface area contributed by atoms with Crippen LogP contribution >= 0.6 is 0 Å². The molecule has 3 N–H and O–H groups in total. The molecule has 0 heterocycles. The van der Waals surface area contributed by atoms with Gasteiger partial charge in [0.15, 0.2) is 0 Å². The fraction of sp³-hybridized carbons (Fsp3) is 0.739. The van der Waals surface area contributed by atoms with Crippen LogP contribution in [-0.4, -0.2) is 39.3 Å². The maximum atomic E-state index is 12.2. The van der Waals surface area contributed by atoms with Crippen LogP contribution in [0.25, 0.3) is 0 Å². The minimum Gasteiger partial charge on any atom is -0.481 e. The zero-order chi connectivity index (χ0) is 20.6. The molecule has 2 fully saturated rings. The van der Waals surface area contributed by atoms with E-state index >= 15 is 0 Å². The number of carbonyl (C=O) groups is 2. The number of aliphatic hydroxyl groups is 2. The molecule has 5 heteroatoms. The Bertz CT molecular complexity index is 576. The molecular weight excluding hydrogens is 356 g/mol. The van der Waals surface area contributed by atoms with Gasteiger partial charge in [-0.1, -0.05) is 44.1 Å². The number of aliphatic carboxylic acids is 1. The SMILES string of the molecule is CCCC1([C@H](O)C/C=C/[C@H]2[C@H](O)CC(=O)[C@@H]2C/C=C\CCCC(=O)O)CCC1. The summed E-state index contributed by atoms with van der Waals surface area (Å²) in [6.07, 6.45) is 15.0. The number of unbranched alkanes of at least 4 members (excludes halogenated alkanes) is 1. The van der Waals surface area contributed by atoms with Gasteiger partial charge in [0, 0.05) is 24.7 Å². The maximum Gasteiger partial charge on any atom is 0.303 e. The predicted molar refractivity (Wildman–Crippen MR) is 109 cm³/mol. The summed E-state index contributed by atoms with van der Waals surface area (Å²) in [6.45, 7) is 2.16. The van der Waals surface area contributed by atoms with Crippen molar-refractivity contribution in [2.24, 2.45) is 17.3 Å². The van der Waals surface area contributed by atoms with Gasteiger partial charge in [-0.05, 0) is 50.4 Å². The molecule has 28 heavy (non-hydrogen) atoms. The molecule has 0 aromatic carbocycles. The number of carboxylic acid groups (broad SMARTS) is 1. The first kappa shape index (κ1) is 22.8. The van der Waals surface area contributed by atoms with Crippen LogP contribution in [0.15, 0.2) is 24.3 Å². The zero-order valence-corrected chi connectivity index (χ0v) is 17.1. The molecule has 158 valence electrons. The maximum absolute atomic E-state index is 12.2. The average Bonchev–Trinajstić information content (AvgIpc) is 2.87. The number of aliphatic hydroxyl groups excluding tert-OH is 2. The summed E-state index contributed by atoms with van der Waals surface area (Å²) in [4.78, 5) is 22.8. The van der Waals surface area contributed by atoms with Gasteiger partial charge in [0.25, 0.3) is 0 Å². The molecule has 2 aliphatic rings. The molecule has 0 amide bonds. The second kappa shape index (κ2) is 10.9. The van der Waals surface area contributed by atoms with E-state index in [1.54, 1.807) is 0 Å². The van der Waals surface area contributed by atoms with Crippen molar-refractivity contribution in [2.45, 2.75) is 89.8 Å². The molecule has 2 aliphatic carbocycles. The lowest BCUT2D eigenvalue weighted by Crippen LogP contribution is -2.41. The lowest BCUT2D eigenvalue weighted by Gasteiger charge is -2.45. The van der Waals surface area contributed by atoms with Gasteiger partial charge < -0.3 is 15.3 Å². The number of hydrogen-bond donors (Lipinski definition) is 3. The summed E-state index contributed by atoms with van der Waals surface area (Å²) in [5.74, 6) is -1.14. The highest BCUT2D eigenvalue weighted by Crippen LogP contribution is 2.48. The number of Topliss-reactive ketones (excluding diaryl/α,β-unsaturated/α-hetero) is 1. The Hall–Kier alpha value is -1.46. The van der Waals surface area contributed by atoms with Crippen molar-refractivity contribution in [3.63, 3.8) is 0 Å². The van der Waals surface area contributed by atoms with Gasteiger partial charge >= 0.3 is 5.97 Å². The number of ketones is 1. The van der Waals surface area contributed by atoms with E-state index in [1.807, 2.05) is 24.3 Å². The first-order chi connectivity index (χ1) is 13.4. The van der Waals surface area contributed by atoms with Crippen LogP contribution in [0.2, 0.25) is 0 Å². The van der Waals surface area contributed by atoms with Gasteiger partial charge in [-0.3, -0.25) is 9.59 Å². The quantitative estimate of drug-likeness (QED) is 0.344. The van der Waals surface area contributed by atoms with Gasteiger partial charge in [0.1, 0.15) is 5.78 Å². The molecular formula is C23H36O5. The third-order valence-electron chi connectivity index (χ3n) is 6.57. The smallest absolute Gasteiger partial charge is 0.303 e. The van der Waals surface area contributed by atoms with E-state index in [0.717, 1.165) is 25.7 Å². The molecule has 0 aromatic heterocycles. The molecule has 0 spiro atoms. The van der Waals surface area contributed by atoms with E-state index < -0.39 is 12.1 Å². The van der Waals surface area contributed by atoms with E-state index in [4.69, 9.17) is 5.11 Å². The van der Waals surface area contributed by atoms with Gasteiger partial charge in [-0.15, -0.1) is 0 Å². The highest BCUT2D eigenvalue weighted by atomic mass is 16.4. The summed E-state index contributed by atoms with van der Waals surface area (Å²) < 4.78 is 0. The fourth-order valence-corrected chi connectivity index (χ4v) is 4.75. The topological polar surface area (TPSA) is 94.8 Å². The Morgan fingerprint density at radius 1 is 1.29 bits per heavy atom. The number of carbonyl (C=O) groups excluding carboxylic acids is 1. The standard InChI is InChI=1S/C23H36O5/c1-2-13-23(14-8-15-23)21(26)11-7-10-18-17(19(24)16-20(18)25)9-5-3-4-6-12-22(27)28/h3,5,7,10,17-18,20-21,25-26H,2,4,6,8-9,11-16H2,1H3,(H,27,28)/b5-3-,10-7+/t17-,18-,20-,21-/m1/s1. The van der Waals surface area contributed by atoms with Crippen molar-refractivity contribution in [2.75, 3.05) is 0 Å². The number of rotatable bonds is 12. The van der Waals surface area contributed by atoms with Crippen LogP contribution in [0, 0.1) is 17.3 Å². The van der Waals surface area contributed by atoms with Gasteiger partial charge in [-0.25, -0.2) is 0 Å². The molecule has 0 aromatic rings. The number of hydrogen-bond acceptors (Lipinski definition) is 4. The Balaban J connectivity index is 1.85. The normalized spacial score (nSPS) is 28.1. The number of carboxylic acids is 1. The van der Waals surface area contributed by atoms with Crippen LogP contribution in [0.5, 0.6) is 0 Å². The van der Waals surface area contributed by atoms with E-state index in [-0.39, 0.29) is 42.0 Å². The third-order valence-corrected chi connectivity index (χ3v) is 6.57. The Morgan fingerprint density at radius 3 is 2.64 bits per heavy atom. The van der Waals surface area contributed by atoms with Crippen LogP contribution < -0.4 is 0 Å². The molecule has 0 bridgehead atoms. The van der Waals surface area contributed by atoms with Crippen LogP contribution in [0.3, 0.4) is 0 Å². The monoisotopic (exact) mass is 392 g/mol. The lowest BCUT2D eigenvalue weighted by atomic mass is 9.62. The van der Waals surface area contributed by atoms with Crippen LogP contribution in [-0.2, 0) is 9.59 Å². The van der Waals surface area contributed by atoms with E-state index in [1.165, 1.54) is 6.42 Å². The average molecular weight is 393 g/mol. The molecule has 0 unspecified atom stereocenters. The zero-order valence-electron chi connectivity index (χ0n) is 17.1. The van der Waals surface area contributed by atoms with E-state index in [9.17, 15) is 19.8 Å². The highest BCUT2D eigenvalue weighted by molar-refractivity contribution is 5.84. The minimum atomic E-state index is -0.794. The first-order valence-corrected chi connectivity index (χ1v) is 10.8. The van der Waals surface area contributed by atoms with Crippen molar-refractivity contribution in [3.8, 4) is 0 Å². The van der Waals surface area contributed by atoms with Gasteiger partial charge in [0.05, 0.1) is 12.2 Å². The molecule has 2 rings (SSSR count). The summed E-state index contributed by atoms with van der Waals surface area (Å²) >= 11 is 0. The van der Waals surface area contributed by atoms with Crippen LogP contribution in [0.1, 0.15) is 77.6 Å². The van der Waals surface area contributed by atoms with Crippen molar-refractivity contribution in [3.05, 3.63) is 24.3 Å². The number of allylic oxidation sites excluding steroid dienone is 2. The molecule has 2 saturated carbocycles. The molecule has 4 atom stereocenters. The molecule has 0 saturated heterocycles. The largest absolute Gasteiger partial charge is 0.481 e. The summed E-state index contributed by atoms with van der Waals surface area (Å²) in [5, 5.41) is 29.6. The van der Waals surface area contributed by atoms with Crippen molar-refractivity contribution in [1.29, 1.82) is 0 Å². The summed E-state index contributed by atoms with van der Waals surface area (Å²) in [7, 11) is 0. The van der Waals surface area contributed by atoms with E-state index in [2.05, 4.69) is 6.92 Å². The first-order valence-electron chi connectivity index (χ1n) is 10.8. The van der Waals surface area contributed by atoms with Crippen molar-refractivity contribution < 1.29 is 24.9 Å². The van der Waals surface area contributed by atoms with Gasteiger partial charge in [-0.2, -0.15) is 0 Å². The molecule has 5 nitrogen and oxygen atoms in total. The third kappa shape index (κ3) is 6.02. The Kier molecular flexibility index (Phi) is 8.90. The highest BCUT2D eigenvalue weighted by Gasteiger charge is 2.42. The Morgan fingerprint density at radius 2 is 2.04 bits per heavy atom. The van der Waals surface area contributed by atoms with Crippen LogP contribution in [0.4, 0.5) is 0 Å². The second-order valence-corrected chi connectivity index (χ2v) is 8.56. The molecule has 0 radical (unpaired) electrons. The van der Waals surface area contributed by atoms with E-state index in [0.29, 0.717) is 25.7 Å². The second-order valence-electron chi connectivity index (χ2n) is 8.56. The molecule has 0 aliphatic heterocycles. The Labute approximate surface area is 168 Å². The summed E-state index contributed by atoms with van der Waals surface area (Å²) in [6, 6.07) is 0. The lowest BCUT2D eigenvalue weighted by molar-refractivity contribution is -0.137. The fourth-order valence-electron chi connectivity index (χ4n) is 4.75. The van der Waals surface area contributed by atoms with Crippen molar-refractivity contribution >= 4 is 11.8 Å². The summed E-state index contributed by atoms with van der Waals surface area (Å²) in [5.41, 5.74) is 0.0707. The predicted octanol–water partition coefficient (Wildman–Crippen LogP) is 4.03. The van der Waals surface area contributed by atoms with Gasteiger partial charge in [0.2, 0.25) is 0 Å². The minimum absolute atomic E-state index is 0.0707. The van der Waals surface area contributed by atoms with Crippen molar-refractivity contribution in [1.82, 2.24) is 0 Å².